The first kappa shape index (κ1) is 17.8. The van der Waals surface area contributed by atoms with Crippen LogP contribution in [0.5, 0.6) is 11.5 Å². The maximum atomic E-state index is 14.0. The fraction of sp³-hybridized carbons (Fsp3) is 0.261. The number of aryl methyl sites for hydroxylation is 1. The molecular formula is C23H21FN2O3. The van der Waals surface area contributed by atoms with Crippen LogP contribution in [0.3, 0.4) is 0 Å². The van der Waals surface area contributed by atoms with E-state index in [1.165, 1.54) is 12.1 Å². The molecule has 6 heteroatoms. The summed E-state index contributed by atoms with van der Waals surface area (Å²) in [4.78, 5) is 0. The number of ether oxygens (including phenoxy) is 2. The fourth-order valence-electron chi connectivity index (χ4n) is 3.97. The van der Waals surface area contributed by atoms with Crippen molar-refractivity contribution in [1.29, 1.82) is 0 Å². The van der Waals surface area contributed by atoms with E-state index in [-0.39, 0.29) is 11.9 Å². The number of hydrogen-bond donors (Lipinski definition) is 0. The van der Waals surface area contributed by atoms with Crippen LogP contribution < -0.4 is 9.47 Å². The Hall–Kier alpha value is -3.28. The molecule has 2 atom stereocenters. The van der Waals surface area contributed by atoms with E-state index in [0.29, 0.717) is 30.1 Å². The Morgan fingerprint density at radius 2 is 2.03 bits per heavy atom. The Morgan fingerprint density at radius 3 is 2.79 bits per heavy atom. The molecule has 2 aliphatic rings. The molecule has 0 aliphatic carbocycles. The first-order valence-electron chi connectivity index (χ1n) is 9.74. The van der Waals surface area contributed by atoms with Crippen LogP contribution in [-0.2, 0) is 0 Å². The van der Waals surface area contributed by atoms with Crippen LogP contribution in [0.15, 0.2) is 64.1 Å². The molecule has 0 saturated carbocycles. The van der Waals surface area contributed by atoms with Crippen molar-refractivity contribution in [2.75, 3.05) is 6.61 Å². The summed E-state index contributed by atoms with van der Waals surface area (Å²) in [6.45, 7) is 4.38. The number of benzene rings is 2. The van der Waals surface area contributed by atoms with Crippen LogP contribution in [0, 0.1) is 12.7 Å². The predicted molar refractivity (Wildman–Crippen MR) is 107 cm³/mol. The number of nitrogens with zero attached hydrogens (tertiary/aromatic N) is 2. The van der Waals surface area contributed by atoms with Crippen molar-refractivity contribution in [2.24, 2.45) is 5.10 Å². The molecule has 5 nitrogen and oxygen atoms in total. The molecule has 2 unspecified atom stereocenters. The maximum Gasteiger partial charge on any atom is 0.214 e. The Morgan fingerprint density at radius 1 is 1.17 bits per heavy atom. The second-order valence-electron chi connectivity index (χ2n) is 7.19. The molecule has 148 valence electrons. The fourth-order valence-corrected chi connectivity index (χ4v) is 3.97. The number of halogens is 1. The maximum absolute atomic E-state index is 14.0. The van der Waals surface area contributed by atoms with E-state index in [0.717, 1.165) is 22.8 Å². The van der Waals surface area contributed by atoms with Crippen LogP contribution in [0.1, 0.15) is 48.3 Å². The van der Waals surface area contributed by atoms with Gasteiger partial charge in [-0.15, -0.1) is 0 Å². The van der Waals surface area contributed by atoms with Gasteiger partial charge in [0.05, 0.1) is 12.6 Å². The summed E-state index contributed by atoms with van der Waals surface area (Å²) in [6, 6.07) is 16.1. The molecule has 0 spiro atoms. The van der Waals surface area contributed by atoms with E-state index in [1.54, 1.807) is 6.07 Å². The van der Waals surface area contributed by atoms with Crippen molar-refractivity contribution in [3.05, 3.63) is 83.1 Å². The van der Waals surface area contributed by atoms with Crippen LogP contribution in [-0.4, -0.2) is 17.3 Å². The van der Waals surface area contributed by atoms with E-state index in [9.17, 15) is 4.39 Å². The average molecular weight is 392 g/mol. The lowest BCUT2D eigenvalue weighted by atomic mass is 9.97. The number of hydrogen-bond acceptors (Lipinski definition) is 5. The summed E-state index contributed by atoms with van der Waals surface area (Å²) in [5, 5.41) is 6.73. The number of rotatable bonds is 4. The van der Waals surface area contributed by atoms with Gasteiger partial charge in [0.15, 0.2) is 11.5 Å². The van der Waals surface area contributed by atoms with Gasteiger partial charge in [0.25, 0.3) is 0 Å². The minimum Gasteiger partial charge on any atom is -0.490 e. The van der Waals surface area contributed by atoms with E-state index in [2.05, 4.69) is 0 Å². The van der Waals surface area contributed by atoms with Crippen LogP contribution >= 0.6 is 0 Å². The van der Waals surface area contributed by atoms with E-state index >= 15 is 0 Å². The van der Waals surface area contributed by atoms with Crippen LogP contribution in [0.2, 0.25) is 0 Å². The lowest BCUT2D eigenvalue weighted by Crippen LogP contribution is -2.34. The first-order chi connectivity index (χ1) is 14.1. The molecule has 0 amide bonds. The highest BCUT2D eigenvalue weighted by Crippen LogP contribution is 2.50. The quantitative estimate of drug-likeness (QED) is 0.599. The second-order valence-corrected chi connectivity index (χ2v) is 7.19. The van der Waals surface area contributed by atoms with Crippen molar-refractivity contribution in [1.82, 2.24) is 5.01 Å². The Labute approximate surface area is 168 Å². The molecule has 0 saturated heterocycles. The minimum absolute atomic E-state index is 0.0483. The summed E-state index contributed by atoms with van der Waals surface area (Å²) in [6.07, 6.45) is 0.114. The highest BCUT2D eigenvalue weighted by molar-refractivity contribution is 5.99. The van der Waals surface area contributed by atoms with Crippen molar-refractivity contribution in [3.63, 3.8) is 0 Å². The molecule has 3 aromatic rings. The molecule has 0 fully saturated rings. The van der Waals surface area contributed by atoms with Gasteiger partial charge in [0, 0.05) is 17.5 Å². The summed E-state index contributed by atoms with van der Waals surface area (Å²) < 4.78 is 31.9. The average Bonchev–Trinajstić information content (AvgIpc) is 3.34. The van der Waals surface area contributed by atoms with E-state index in [1.807, 2.05) is 55.3 Å². The van der Waals surface area contributed by atoms with E-state index in [4.69, 9.17) is 19.0 Å². The number of furan rings is 1. The second kappa shape index (κ2) is 6.95. The SMILES string of the molecule is CCOc1cccc2c1OC(c1cccc(F)c1)N1N=C(c3ccc(C)o3)CC21. The first-order valence-corrected chi connectivity index (χ1v) is 9.74. The molecule has 0 bridgehead atoms. The third-order valence-corrected chi connectivity index (χ3v) is 5.24. The highest BCUT2D eigenvalue weighted by atomic mass is 19.1. The van der Waals surface area contributed by atoms with Crippen molar-refractivity contribution < 1.29 is 18.3 Å². The zero-order chi connectivity index (χ0) is 20.0. The summed E-state index contributed by atoms with van der Waals surface area (Å²) in [7, 11) is 0. The molecule has 29 heavy (non-hydrogen) atoms. The Bertz CT molecular complexity index is 1090. The van der Waals surface area contributed by atoms with Gasteiger partial charge in [-0.05, 0) is 44.2 Å². The molecule has 5 rings (SSSR count). The molecule has 2 aromatic carbocycles. The van der Waals surface area contributed by atoms with Crippen molar-refractivity contribution in [2.45, 2.75) is 32.5 Å². The highest BCUT2D eigenvalue weighted by Gasteiger charge is 2.42. The number of para-hydroxylation sites is 1. The molecule has 0 radical (unpaired) electrons. The third kappa shape index (κ3) is 3.05. The Balaban J connectivity index is 1.62. The topological polar surface area (TPSA) is 47.2 Å². The third-order valence-electron chi connectivity index (χ3n) is 5.24. The minimum atomic E-state index is -0.557. The molecular weight excluding hydrogens is 371 g/mol. The van der Waals surface area contributed by atoms with Gasteiger partial charge in [0.2, 0.25) is 6.23 Å². The molecule has 2 aliphatic heterocycles. The largest absolute Gasteiger partial charge is 0.490 e. The lowest BCUT2D eigenvalue weighted by Gasteiger charge is -2.38. The predicted octanol–water partition coefficient (Wildman–Crippen LogP) is 5.37. The monoisotopic (exact) mass is 392 g/mol. The van der Waals surface area contributed by atoms with Crippen LogP contribution in [0.25, 0.3) is 0 Å². The molecule has 0 N–H and O–H groups in total. The summed E-state index contributed by atoms with van der Waals surface area (Å²) in [5.41, 5.74) is 2.56. The van der Waals surface area contributed by atoms with Crippen molar-refractivity contribution in [3.8, 4) is 11.5 Å². The zero-order valence-corrected chi connectivity index (χ0v) is 16.3. The Kier molecular flexibility index (Phi) is 4.27. The van der Waals surface area contributed by atoms with Gasteiger partial charge in [-0.3, -0.25) is 0 Å². The van der Waals surface area contributed by atoms with Gasteiger partial charge in [-0.2, -0.15) is 5.10 Å². The van der Waals surface area contributed by atoms with Gasteiger partial charge in [0.1, 0.15) is 23.0 Å². The lowest BCUT2D eigenvalue weighted by molar-refractivity contribution is -0.0214. The smallest absolute Gasteiger partial charge is 0.214 e. The standard InChI is InChI=1S/C23H21FN2O3/c1-3-27-21-9-5-8-17-19-13-18(20-11-10-14(2)28-20)25-26(19)23(29-22(17)21)15-6-4-7-16(24)12-15/h4-12,19,23H,3,13H2,1-2H3. The normalized spacial score (nSPS) is 20.0. The summed E-state index contributed by atoms with van der Waals surface area (Å²) >= 11 is 0. The van der Waals surface area contributed by atoms with Gasteiger partial charge in [-0.1, -0.05) is 24.3 Å². The zero-order valence-electron chi connectivity index (χ0n) is 16.3. The van der Waals surface area contributed by atoms with Crippen LogP contribution in [0.4, 0.5) is 4.39 Å². The number of hydrazone groups is 1. The van der Waals surface area contributed by atoms with Crippen molar-refractivity contribution >= 4 is 5.71 Å². The van der Waals surface area contributed by atoms with E-state index < -0.39 is 6.23 Å². The van der Waals surface area contributed by atoms with Gasteiger partial charge >= 0.3 is 0 Å². The molecule has 1 aromatic heterocycles. The van der Waals surface area contributed by atoms with Gasteiger partial charge in [-0.25, -0.2) is 9.40 Å². The van der Waals surface area contributed by atoms with Gasteiger partial charge < -0.3 is 13.9 Å². The number of fused-ring (bicyclic) bond motifs is 3. The summed E-state index contributed by atoms with van der Waals surface area (Å²) in [5.74, 6) is 2.66. The molecule has 3 heterocycles.